The Hall–Kier alpha value is -1.77. The number of carbonyl (C=O) groups excluding carboxylic acids is 1. The normalized spacial score (nSPS) is 11.7. The second-order valence-corrected chi connectivity index (χ2v) is 7.04. The first-order valence-electron chi connectivity index (χ1n) is 6.76. The van der Waals surface area contributed by atoms with Crippen LogP contribution in [0.25, 0.3) is 10.2 Å². The van der Waals surface area contributed by atoms with E-state index < -0.39 is 0 Å². The van der Waals surface area contributed by atoms with Crippen LogP contribution < -0.4 is 4.80 Å². The number of benzene rings is 2. The molecule has 0 radical (unpaired) electrons. The van der Waals surface area contributed by atoms with Crippen molar-refractivity contribution in [2.45, 2.75) is 6.54 Å². The second-order valence-electron chi connectivity index (χ2n) is 4.81. The fourth-order valence-corrected chi connectivity index (χ4v) is 3.81. The molecule has 0 aliphatic rings. The molecule has 0 spiro atoms. The van der Waals surface area contributed by atoms with Crippen LogP contribution in [-0.2, 0) is 6.54 Å². The van der Waals surface area contributed by atoms with Crippen molar-refractivity contribution < 1.29 is 4.79 Å². The molecule has 3 aromatic rings. The van der Waals surface area contributed by atoms with Crippen LogP contribution in [0.15, 0.2) is 41.4 Å². The molecule has 0 bridgehead atoms. The zero-order valence-electron chi connectivity index (χ0n) is 12.1. The van der Waals surface area contributed by atoms with Gasteiger partial charge >= 0.3 is 0 Å². The lowest BCUT2D eigenvalue weighted by Crippen LogP contribution is -2.16. The first kappa shape index (κ1) is 17.1. The Balaban J connectivity index is 2.20. The van der Waals surface area contributed by atoms with Crippen molar-refractivity contribution in [1.29, 1.82) is 0 Å². The molecule has 120 valence electrons. The van der Waals surface area contributed by atoms with Crippen molar-refractivity contribution in [3.8, 4) is 12.3 Å². The highest BCUT2D eigenvalue weighted by Crippen LogP contribution is 2.32. The number of fused-ring (bicyclic) bond motifs is 1. The van der Waals surface area contributed by atoms with Crippen LogP contribution in [0.5, 0.6) is 0 Å². The molecule has 1 aromatic heterocycles. The molecule has 0 aliphatic carbocycles. The number of amides is 1. The smallest absolute Gasteiger partial charge is 0.279 e. The Morgan fingerprint density at radius 1 is 1.17 bits per heavy atom. The number of aromatic nitrogens is 1. The summed E-state index contributed by atoms with van der Waals surface area (Å²) >= 11 is 19.5. The fraction of sp³-hybridized carbons (Fsp3) is 0.0588. The number of terminal acetylenes is 1. The summed E-state index contributed by atoms with van der Waals surface area (Å²) in [5.41, 5.74) is 1.11. The molecule has 0 unspecified atom stereocenters. The predicted octanol–water partition coefficient (Wildman–Crippen LogP) is 5.04. The Labute approximate surface area is 157 Å². The summed E-state index contributed by atoms with van der Waals surface area (Å²) in [6, 6.07) is 10.1. The first-order valence-corrected chi connectivity index (χ1v) is 8.71. The summed E-state index contributed by atoms with van der Waals surface area (Å²) in [6.45, 7) is 0.229. The molecule has 0 aliphatic heterocycles. The number of halogens is 3. The molecule has 0 atom stereocenters. The van der Waals surface area contributed by atoms with Crippen molar-refractivity contribution in [3.63, 3.8) is 0 Å². The van der Waals surface area contributed by atoms with Crippen LogP contribution in [0.4, 0.5) is 0 Å². The third-order valence-corrected chi connectivity index (χ3v) is 5.36. The van der Waals surface area contributed by atoms with E-state index in [4.69, 9.17) is 41.2 Å². The summed E-state index contributed by atoms with van der Waals surface area (Å²) < 4.78 is 2.56. The van der Waals surface area contributed by atoms with E-state index in [9.17, 15) is 4.79 Å². The van der Waals surface area contributed by atoms with Gasteiger partial charge < -0.3 is 4.57 Å². The highest BCUT2D eigenvalue weighted by Gasteiger charge is 2.13. The van der Waals surface area contributed by atoms with Gasteiger partial charge in [0, 0.05) is 10.6 Å². The van der Waals surface area contributed by atoms with Gasteiger partial charge in [-0.2, -0.15) is 4.99 Å². The maximum Gasteiger partial charge on any atom is 0.279 e. The Morgan fingerprint density at radius 3 is 2.54 bits per heavy atom. The highest BCUT2D eigenvalue weighted by molar-refractivity contribution is 7.16. The first-order chi connectivity index (χ1) is 11.5. The number of carbonyl (C=O) groups is 1. The van der Waals surface area contributed by atoms with Crippen LogP contribution >= 0.6 is 46.1 Å². The SMILES string of the molecule is C#CCn1c(=NC(=O)c2ccc(Cl)cc2)sc2ccc(Cl)c(Cl)c21. The second kappa shape index (κ2) is 7.00. The Morgan fingerprint density at radius 2 is 1.88 bits per heavy atom. The molecule has 3 nitrogen and oxygen atoms in total. The number of hydrogen-bond donors (Lipinski definition) is 0. The summed E-state index contributed by atoms with van der Waals surface area (Å²) in [7, 11) is 0. The van der Waals surface area contributed by atoms with Crippen molar-refractivity contribution in [3.05, 3.63) is 61.8 Å². The third kappa shape index (κ3) is 3.22. The van der Waals surface area contributed by atoms with Gasteiger partial charge in [-0.15, -0.1) is 6.42 Å². The zero-order chi connectivity index (χ0) is 17.3. The van der Waals surface area contributed by atoms with Crippen LogP contribution in [0.3, 0.4) is 0 Å². The maximum atomic E-state index is 12.4. The molecule has 24 heavy (non-hydrogen) atoms. The molecule has 0 saturated carbocycles. The average Bonchev–Trinajstić information content (AvgIpc) is 2.90. The van der Waals surface area contributed by atoms with Gasteiger partial charge in [-0.25, -0.2) is 0 Å². The largest absolute Gasteiger partial charge is 0.303 e. The molecule has 0 saturated heterocycles. The van der Waals surface area contributed by atoms with Crippen LogP contribution in [0.2, 0.25) is 15.1 Å². The standard InChI is InChI=1S/C17H9Cl3N2OS/c1-2-9-22-15-13(8-7-12(19)14(15)20)24-17(22)21-16(23)10-3-5-11(18)6-4-10/h1,3-8H,9H2. The molecule has 3 rings (SSSR count). The molecule has 1 amide bonds. The van der Waals surface area contributed by atoms with E-state index in [0.717, 1.165) is 4.70 Å². The summed E-state index contributed by atoms with van der Waals surface area (Å²) in [6.07, 6.45) is 5.44. The molecular weight excluding hydrogens is 387 g/mol. The van der Waals surface area contributed by atoms with Crippen molar-refractivity contribution >= 4 is 62.3 Å². The van der Waals surface area contributed by atoms with E-state index >= 15 is 0 Å². The Kier molecular flexibility index (Phi) is 4.98. The van der Waals surface area contributed by atoms with Crippen molar-refractivity contribution in [2.75, 3.05) is 0 Å². The minimum atomic E-state index is -0.383. The quantitative estimate of drug-likeness (QED) is 0.560. The number of nitrogens with zero attached hydrogens (tertiary/aromatic N) is 2. The molecule has 7 heteroatoms. The van der Waals surface area contributed by atoms with Gasteiger partial charge in [0.1, 0.15) is 0 Å². The summed E-state index contributed by atoms with van der Waals surface area (Å²) in [5.74, 6) is 2.17. The zero-order valence-corrected chi connectivity index (χ0v) is 15.2. The highest BCUT2D eigenvalue weighted by atomic mass is 35.5. The monoisotopic (exact) mass is 394 g/mol. The van der Waals surface area contributed by atoms with Gasteiger partial charge in [0.05, 0.1) is 26.8 Å². The molecule has 2 aromatic carbocycles. The van der Waals surface area contributed by atoms with Crippen LogP contribution in [0, 0.1) is 12.3 Å². The van der Waals surface area contributed by atoms with E-state index in [1.54, 1.807) is 34.9 Å². The van der Waals surface area contributed by atoms with E-state index in [1.165, 1.54) is 11.3 Å². The topological polar surface area (TPSA) is 34.4 Å². The molecule has 1 heterocycles. The Bertz CT molecular complexity index is 1040. The van der Waals surface area contributed by atoms with Crippen LogP contribution in [-0.4, -0.2) is 10.5 Å². The van der Waals surface area contributed by atoms with Gasteiger partial charge in [-0.3, -0.25) is 4.79 Å². The van der Waals surface area contributed by atoms with Crippen LogP contribution in [0.1, 0.15) is 10.4 Å². The maximum absolute atomic E-state index is 12.4. The number of thiazole rings is 1. The number of hydrogen-bond acceptors (Lipinski definition) is 2. The van der Waals surface area contributed by atoms with Gasteiger partial charge in [0.25, 0.3) is 5.91 Å². The van der Waals surface area contributed by atoms with Gasteiger partial charge in [0.15, 0.2) is 4.80 Å². The van der Waals surface area contributed by atoms with E-state index in [-0.39, 0.29) is 12.5 Å². The van der Waals surface area contributed by atoms with Crippen molar-refractivity contribution in [1.82, 2.24) is 4.57 Å². The van der Waals surface area contributed by atoms with Crippen molar-refractivity contribution in [2.24, 2.45) is 4.99 Å². The van der Waals surface area contributed by atoms with E-state index in [2.05, 4.69) is 10.9 Å². The minimum absolute atomic E-state index is 0.229. The van der Waals surface area contributed by atoms with Gasteiger partial charge in [-0.1, -0.05) is 52.1 Å². The molecular formula is C17H9Cl3N2OS. The molecule has 0 N–H and O–H groups in total. The fourth-order valence-electron chi connectivity index (χ4n) is 2.17. The minimum Gasteiger partial charge on any atom is -0.303 e. The lowest BCUT2D eigenvalue weighted by molar-refractivity contribution is 0.0998. The summed E-state index contributed by atoms with van der Waals surface area (Å²) in [4.78, 5) is 17.0. The van der Waals surface area contributed by atoms with Gasteiger partial charge in [0.2, 0.25) is 0 Å². The molecule has 0 fully saturated rings. The lowest BCUT2D eigenvalue weighted by Gasteiger charge is -2.03. The number of rotatable bonds is 2. The third-order valence-electron chi connectivity index (χ3n) is 3.27. The predicted molar refractivity (Wildman–Crippen MR) is 100 cm³/mol. The lowest BCUT2D eigenvalue weighted by atomic mass is 10.2. The van der Waals surface area contributed by atoms with E-state index in [0.29, 0.717) is 30.9 Å². The van der Waals surface area contributed by atoms with Gasteiger partial charge in [-0.05, 0) is 36.4 Å². The average molecular weight is 396 g/mol. The van der Waals surface area contributed by atoms with E-state index in [1.807, 2.05) is 6.07 Å². The summed E-state index contributed by atoms with van der Waals surface area (Å²) in [5, 5.41) is 1.36.